The van der Waals surface area contributed by atoms with Crippen molar-refractivity contribution < 1.29 is 9.31 Å². The lowest BCUT2D eigenvalue weighted by atomic mass is 10.2. The third kappa shape index (κ3) is 3.21. The molecule has 0 amide bonds. The van der Waals surface area contributed by atoms with Crippen molar-refractivity contribution in [1.29, 1.82) is 0 Å². The summed E-state index contributed by atoms with van der Waals surface area (Å²) in [6.07, 6.45) is 1.64. The highest BCUT2D eigenvalue weighted by atomic mass is 127. The van der Waals surface area contributed by atoms with Gasteiger partial charge in [-0.25, -0.2) is 4.39 Å². The number of aromatic nitrogens is 1. The van der Waals surface area contributed by atoms with Crippen LogP contribution in [0.15, 0.2) is 36.5 Å². The van der Waals surface area contributed by atoms with Gasteiger partial charge in [-0.3, -0.25) is 15.1 Å². The zero-order chi connectivity index (χ0) is 14.7. The first kappa shape index (κ1) is 14.6. The molecule has 104 valence electrons. The number of anilines is 1. The molecule has 20 heavy (non-hydrogen) atoms. The molecule has 5 nitrogen and oxygen atoms in total. The van der Waals surface area contributed by atoms with Gasteiger partial charge in [0.1, 0.15) is 11.5 Å². The van der Waals surface area contributed by atoms with Crippen molar-refractivity contribution in [3.8, 4) is 0 Å². The summed E-state index contributed by atoms with van der Waals surface area (Å²) in [5, 5.41) is 14.0. The number of rotatable bonds is 4. The Labute approximate surface area is 128 Å². The van der Waals surface area contributed by atoms with Crippen LogP contribution in [0.2, 0.25) is 0 Å². The van der Waals surface area contributed by atoms with Crippen LogP contribution in [-0.2, 0) is 0 Å². The Bertz CT molecular complexity index is 637. The maximum Gasteiger partial charge on any atom is 0.293 e. The van der Waals surface area contributed by atoms with E-state index in [2.05, 4.69) is 10.3 Å². The number of benzene rings is 1. The van der Waals surface area contributed by atoms with Gasteiger partial charge in [-0.1, -0.05) is 6.07 Å². The maximum absolute atomic E-state index is 13.6. The molecule has 1 aromatic heterocycles. The topological polar surface area (TPSA) is 68.1 Å². The predicted molar refractivity (Wildman–Crippen MR) is 82.0 cm³/mol. The molecule has 0 saturated heterocycles. The van der Waals surface area contributed by atoms with Crippen LogP contribution in [0.3, 0.4) is 0 Å². The van der Waals surface area contributed by atoms with Gasteiger partial charge in [-0.15, -0.1) is 0 Å². The van der Waals surface area contributed by atoms with Crippen LogP contribution in [0, 0.1) is 19.5 Å². The fourth-order valence-electron chi connectivity index (χ4n) is 1.74. The number of nitro benzene ring substituents is 1. The molecule has 1 N–H and O–H groups in total. The molecule has 1 aromatic carbocycles. The second kappa shape index (κ2) is 6.12. The van der Waals surface area contributed by atoms with Crippen molar-refractivity contribution in [2.24, 2.45) is 0 Å². The highest BCUT2D eigenvalue weighted by Crippen LogP contribution is 2.31. The molecule has 1 unspecified atom stereocenters. The van der Waals surface area contributed by atoms with Crippen molar-refractivity contribution in [2.75, 3.05) is 5.32 Å². The molecule has 0 aliphatic rings. The van der Waals surface area contributed by atoms with Crippen molar-refractivity contribution >= 4 is 34.0 Å². The number of nitrogens with zero attached hydrogens (tertiary/aromatic N) is 2. The Morgan fingerprint density at radius 3 is 2.80 bits per heavy atom. The van der Waals surface area contributed by atoms with E-state index < -0.39 is 10.7 Å². The van der Waals surface area contributed by atoms with Gasteiger partial charge >= 0.3 is 0 Å². The van der Waals surface area contributed by atoms with E-state index >= 15 is 0 Å². The lowest BCUT2D eigenvalue weighted by molar-refractivity contribution is -0.384. The van der Waals surface area contributed by atoms with Crippen LogP contribution < -0.4 is 5.32 Å². The molecule has 0 radical (unpaired) electrons. The molecule has 0 aliphatic carbocycles. The Hall–Kier alpha value is -1.77. The summed E-state index contributed by atoms with van der Waals surface area (Å²) in [7, 11) is 0. The summed E-state index contributed by atoms with van der Waals surface area (Å²) in [4.78, 5) is 14.7. The van der Waals surface area contributed by atoms with E-state index in [1.54, 1.807) is 40.9 Å². The average molecular weight is 387 g/mol. The summed E-state index contributed by atoms with van der Waals surface area (Å²) in [5.74, 6) is -0.494. The molecule has 0 aliphatic heterocycles. The highest BCUT2D eigenvalue weighted by molar-refractivity contribution is 14.1. The van der Waals surface area contributed by atoms with Gasteiger partial charge in [0.05, 0.1) is 20.2 Å². The number of hydrogen-bond donors (Lipinski definition) is 1. The summed E-state index contributed by atoms with van der Waals surface area (Å²) in [6, 6.07) is 7.48. The van der Waals surface area contributed by atoms with Gasteiger partial charge in [0.25, 0.3) is 5.69 Å². The van der Waals surface area contributed by atoms with E-state index in [4.69, 9.17) is 0 Å². The van der Waals surface area contributed by atoms with Gasteiger partial charge in [0.2, 0.25) is 0 Å². The number of hydrogen-bond acceptors (Lipinski definition) is 4. The average Bonchev–Trinajstić information content (AvgIpc) is 2.43. The standard InChI is InChI=1S/C13H11FIN3O2/c1-8(11-4-2-3-5-16-11)17-12-6-9(14)10(15)7-13(12)18(19)20/h2-8,17H,1H3. The van der Waals surface area contributed by atoms with Crippen molar-refractivity contribution in [2.45, 2.75) is 13.0 Å². The number of nitrogens with one attached hydrogen (secondary N) is 1. The van der Waals surface area contributed by atoms with E-state index in [1.165, 1.54) is 6.07 Å². The zero-order valence-corrected chi connectivity index (χ0v) is 12.7. The third-order valence-corrected chi connectivity index (χ3v) is 3.57. The lowest BCUT2D eigenvalue weighted by Crippen LogP contribution is -2.10. The molecule has 1 atom stereocenters. The first-order valence-electron chi connectivity index (χ1n) is 5.80. The molecule has 7 heteroatoms. The van der Waals surface area contributed by atoms with Crippen LogP contribution in [-0.4, -0.2) is 9.91 Å². The molecule has 2 rings (SSSR count). The van der Waals surface area contributed by atoms with Gasteiger partial charge in [0.15, 0.2) is 0 Å². The van der Waals surface area contributed by atoms with E-state index in [0.29, 0.717) is 0 Å². The van der Waals surface area contributed by atoms with E-state index in [0.717, 1.165) is 11.8 Å². The van der Waals surface area contributed by atoms with Crippen LogP contribution in [0.4, 0.5) is 15.8 Å². The first-order chi connectivity index (χ1) is 9.49. The molecule has 0 spiro atoms. The monoisotopic (exact) mass is 387 g/mol. The largest absolute Gasteiger partial charge is 0.371 e. The minimum atomic E-state index is -0.533. The molecular formula is C13H11FIN3O2. The number of pyridine rings is 1. The minimum Gasteiger partial charge on any atom is -0.371 e. The number of halogens is 2. The summed E-state index contributed by atoms with van der Waals surface area (Å²) < 4.78 is 13.8. The van der Waals surface area contributed by atoms with Crippen LogP contribution in [0.5, 0.6) is 0 Å². The van der Waals surface area contributed by atoms with E-state index in [9.17, 15) is 14.5 Å². The van der Waals surface area contributed by atoms with Crippen LogP contribution in [0.25, 0.3) is 0 Å². The van der Waals surface area contributed by atoms with Gasteiger partial charge in [0, 0.05) is 18.3 Å². The van der Waals surface area contributed by atoms with Crippen LogP contribution in [0.1, 0.15) is 18.7 Å². The second-order valence-electron chi connectivity index (χ2n) is 4.16. The SMILES string of the molecule is CC(Nc1cc(F)c(I)cc1[N+](=O)[O-])c1ccccn1. The fourth-order valence-corrected chi connectivity index (χ4v) is 2.19. The van der Waals surface area contributed by atoms with Gasteiger partial charge in [-0.2, -0.15) is 0 Å². The second-order valence-corrected chi connectivity index (χ2v) is 5.32. The molecule has 2 aromatic rings. The molecule has 0 bridgehead atoms. The number of nitro groups is 1. The maximum atomic E-state index is 13.6. The molecule has 0 saturated carbocycles. The van der Waals surface area contributed by atoms with E-state index in [-0.39, 0.29) is 21.0 Å². The first-order valence-corrected chi connectivity index (χ1v) is 6.88. The molecule has 0 fully saturated rings. The van der Waals surface area contributed by atoms with Gasteiger partial charge in [-0.05, 0) is 41.6 Å². The van der Waals surface area contributed by atoms with Crippen LogP contribution >= 0.6 is 22.6 Å². The zero-order valence-electron chi connectivity index (χ0n) is 10.5. The molecule has 1 heterocycles. The predicted octanol–water partition coefficient (Wildman–Crippen LogP) is 3.91. The quantitative estimate of drug-likeness (QED) is 0.491. The summed E-state index contributed by atoms with van der Waals surface area (Å²) in [5.41, 5.74) is 0.713. The Balaban J connectivity index is 2.33. The lowest BCUT2D eigenvalue weighted by Gasteiger charge is -2.15. The third-order valence-electron chi connectivity index (χ3n) is 2.74. The van der Waals surface area contributed by atoms with Gasteiger partial charge < -0.3 is 5.32 Å². The Morgan fingerprint density at radius 2 is 2.20 bits per heavy atom. The molecular weight excluding hydrogens is 376 g/mol. The summed E-state index contributed by atoms with van der Waals surface area (Å²) in [6.45, 7) is 1.81. The van der Waals surface area contributed by atoms with Crippen molar-refractivity contribution in [3.63, 3.8) is 0 Å². The highest BCUT2D eigenvalue weighted by Gasteiger charge is 2.19. The Kier molecular flexibility index (Phi) is 4.48. The summed E-state index contributed by atoms with van der Waals surface area (Å²) >= 11 is 1.73. The van der Waals surface area contributed by atoms with E-state index in [1.807, 2.05) is 13.0 Å². The Morgan fingerprint density at radius 1 is 1.45 bits per heavy atom. The smallest absolute Gasteiger partial charge is 0.293 e. The van der Waals surface area contributed by atoms with Crippen molar-refractivity contribution in [1.82, 2.24) is 4.98 Å². The van der Waals surface area contributed by atoms with Crippen molar-refractivity contribution in [3.05, 3.63) is 61.7 Å². The minimum absolute atomic E-state index is 0.145. The normalized spacial score (nSPS) is 11.9. The fraction of sp³-hybridized carbons (Fsp3) is 0.154.